The molecule has 0 fully saturated rings. The van der Waals surface area contributed by atoms with Gasteiger partial charge >= 0.3 is 0 Å². The zero-order chi connectivity index (χ0) is 15.2. The Kier molecular flexibility index (Phi) is 5.80. The molecule has 0 aromatic heterocycles. The molecule has 21 heavy (non-hydrogen) atoms. The molecule has 1 heterocycles. The first kappa shape index (κ1) is 16.0. The summed E-state index contributed by atoms with van der Waals surface area (Å²) >= 11 is 0. The van der Waals surface area contributed by atoms with E-state index in [1.807, 2.05) is 0 Å². The van der Waals surface area contributed by atoms with Crippen molar-refractivity contribution >= 4 is 11.6 Å². The van der Waals surface area contributed by atoms with Crippen LogP contribution >= 0.6 is 0 Å². The van der Waals surface area contributed by atoms with E-state index in [-0.39, 0.29) is 5.91 Å². The van der Waals surface area contributed by atoms with Crippen LogP contribution in [0.3, 0.4) is 0 Å². The SMILES string of the molecule is CCNC(CC(C)CC)c1ccc2c(c1)CCCC(=O)N2. The molecule has 1 aliphatic heterocycles. The fraction of sp³-hybridized carbons (Fsp3) is 0.611. The average Bonchev–Trinajstić information content (AvgIpc) is 2.66. The van der Waals surface area contributed by atoms with Gasteiger partial charge in [-0.25, -0.2) is 0 Å². The van der Waals surface area contributed by atoms with Crippen molar-refractivity contribution in [1.82, 2.24) is 5.32 Å². The Labute approximate surface area is 128 Å². The van der Waals surface area contributed by atoms with Crippen molar-refractivity contribution < 1.29 is 4.79 Å². The highest BCUT2D eigenvalue weighted by Gasteiger charge is 2.17. The number of carbonyl (C=O) groups is 1. The molecular weight excluding hydrogens is 260 g/mol. The van der Waals surface area contributed by atoms with Crippen molar-refractivity contribution in [2.75, 3.05) is 11.9 Å². The monoisotopic (exact) mass is 288 g/mol. The number of anilines is 1. The van der Waals surface area contributed by atoms with Gasteiger partial charge in [-0.15, -0.1) is 0 Å². The van der Waals surface area contributed by atoms with Crippen LogP contribution in [0, 0.1) is 5.92 Å². The maximum atomic E-state index is 11.6. The summed E-state index contributed by atoms with van der Waals surface area (Å²) in [5, 5.41) is 6.62. The Balaban J connectivity index is 2.21. The predicted octanol–water partition coefficient (Wildman–Crippen LogP) is 4.05. The van der Waals surface area contributed by atoms with Crippen molar-refractivity contribution in [1.29, 1.82) is 0 Å². The smallest absolute Gasteiger partial charge is 0.224 e. The molecule has 2 N–H and O–H groups in total. The second-order valence-corrected chi connectivity index (χ2v) is 6.18. The van der Waals surface area contributed by atoms with E-state index < -0.39 is 0 Å². The van der Waals surface area contributed by atoms with Crippen molar-refractivity contribution in [2.45, 2.75) is 58.9 Å². The van der Waals surface area contributed by atoms with Crippen molar-refractivity contribution in [3.05, 3.63) is 29.3 Å². The molecule has 0 aliphatic carbocycles. The lowest BCUT2D eigenvalue weighted by Crippen LogP contribution is -2.23. The second kappa shape index (κ2) is 7.60. The molecule has 116 valence electrons. The Morgan fingerprint density at radius 3 is 2.81 bits per heavy atom. The third-order valence-corrected chi connectivity index (χ3v) is 4.44. The molecule has 3 nitrogen and oxygen atoms in total. The minimum atomic E-state index is 0.143. The number of fused-ring (bicyclic) bond motifs is 1. The Morgan fingerprint density at radius 2 is 2.10 bits per heavy atom. The molecule has 1 amide bonds. The number of hydrogen-bond donors (Lipinski definition) is 2. The van der Waals surface area contributed by atoms with Crippen LogP contribution in [-0.2, 0) is 11.2 Å². The third-order valence-electron chi connectivity index (χ3n) is 4.44. The lowest BCUT2D eigenvalue weighted by molar-refractivity contribution is -0.116. The van der Waals surface area contributed by atoms with Gasteiger partial charge in [0.15, 0.2) is 0 Å². The van der Waals surface area contributed by atoms with E-state index in [4.69, 9.17) is 0 Å². The molecule has 2 rings (SSSR count). The van der Waals surface area contributed by atoms with E-state index in [0.29, 0.717) is 18.4 Å². The van der Waals surface area contributed by atoms with Crippen molar-refractivity contribution in [3.8, 4) is 0 Å². The topological polar surface area (TPSA) is 41.1 Å². The lowest BCUT2D eigenvalue weighted by atomic mass is 9.92. The van der Waals surface area contributed by atoms with Gasteiger partial charge in [-0.2, -0.15) is 0 Å². The summed E-state index contributed by atoms with van der Waals surface area (Å²) in [5.74, 6) is 0.858. The first-order chi connectivity index (χ1) is 10.1. The highest BCUT2D eigenvalue weighted by Crippen LogP contribution is 2.29. The summed E-state index contributed by atoms with van der Waals surface area (Å²) in [6.45, 7) is 7.70. The molecule has 0 radical (unpaired) electrons. The molecular formula is C18H28N2O. The zero-order valence-electron chi connectivity index (χ0n) is 13.5. The molecule has 0 spiro atoms. The number of amides is 1. The quantitative estimate of drug-likeness (QED) is 0.829. The van der Waals surface area contributed by atoms with E-state index in [2.05, 4.69) is 49.6 Å². The van der Waals surface area contributed by atoms with Crippen LogP contribution in [-0.4, -0.2) is 12.5 Å². The number of rotatable bonds is 6. The highest BCUT2D eigenvalue weighted by atomic mass is 16.1. The van der Waals surface area contributed by atoms with Crippen LogP contribution in [0.1, 0.15) is 63.6 Å². The minimum Gasteiger partial charge on any atom is -0.326 e. The average molecular weight is 288 g/mol. The summed E-state index contributed by atoms with van der Waals surface area (Å²) in [5.41, 5.74) is 3.64. The van der Waals surface area contributed by atoms with Crippen LogP contribution in [0.4, 0.5) is 5.69 Å². The van der Waals surface area contributed by atoms with Crippen LogP contribution < -0.4 is 10.6 Å². The maximum Gasteiger partial charge on any atom is 0.224 e. The fourth-order valence-electron chi connectivity index (χ4n) is 2.96. The van der Waals surface area contributed by atoms with Gasteiger partial charge in [0, 0.05) is 18.2 Å². The molecule has 0 saturated carbocycles. The molecule has 1 aliphatic rings. The van der Waals surface area contributed by atoms with E-state index in [1.54, 1.807) is 0 Å². The maximum absolute atomic E-state index is 11.6. The van der Waals surface area contributed by atoms with Crippen molar-refractivity contribution in [3.63, 3.8) is 0 Å². The minimum absolute atomic E-state index is 0.143. The summed E-state index contributed by atoms with van der Waals surface area (Å²) in [6, 6.07) is 6.94. The molecule has 1 aromatic carbocycles. The molecule has 1 aromatic rings. The van der Waals surface area contributed by atoms with Gasteiger partial charge in [-0.05, 0) is 48.9 Å². The largest absolute Gasteiger partial charge is 0.326 e. The van der Waals surface area contributed by atoms with Gasteiger partial charge in [-0.1, -0.05) is 39.3 Å². The third kappa shape index (κ3) is 4.31. The van der Waals surface area contributed by atoms with E-state index in [9.17, 15) is 4.79 Å². The standard InChI is InChI=1S/C18H28N2O/c1-4-13(3)11-17(19-5-2)15-9-10-16-14(12-15)7-6-8-18(21)20-16/h9-10,12-13,17,19H,4-8,11H2,1-3H3,(H,20,21). The molecule has 0 bridgehead atoms. The van der Waals surface area contributed by atoms with Crippen molar-refractivity contribution in [2.24, 2.45) is 5.92 Å². The number of nitrogens with one attached hydrogen (secondary N) is 2. The van der Waals surface area contributed by atoms with E-state index in [1.165, 1.54) is 17.5 Å². The molecule has 2 atom stereocenters. The Morgan fingerprint density at radius 1 is 1.29 bits per heavy atom. The van der Waals surface area contributed by atoms with Gasteiger partial charge in [0.25, 0.3) is 0 Å². The Bertz CT molecular complexity index is 484. The van der Waals surface area contributed by atoms with Crippen LogP contribution in [0.15, 0.2) is 18.2 Å². The van der Waals surface area contributed by atoms with E-state index in [0.717, 1.165) is 31.5 Å². The predicted molar refractivity (Wildman–Crippen MR) is 88.5 cm³/mol. The molecule has 3 heteroatoms. The first-order valence-corrected chi connectivity index (χ1v) is 8.30. The normalized spacial score (nSPS) is 17.6. The number of carbonyl (C=O) groups excluding carboxylic acids is 1. The number of aryl methyl sites for hydroxylation is 1. The molecule has 0 saturated heterocycles. The van der Waals surface area contributed by atoms with Gasteiger partial charge in [0.05, 0.1) is 0 Å². The Hall–Kier alpha value is -1.35. The highest BCUT2D eigenvalue weighted by molar-refractivity contribution is 5.92. The van der Waals surface area contributed by atoms with Crippen LogP contribution in [0.2, 0.25) is 0 Å². The van der Waals surface area contributed by atoms with Gasteiger partial charge in [0.2, 0.25) is 5.91 Å². The van der Waals surface area contributed by atoms with Crippen LogP contribution in [0.25, 0.3) is 0 Å². The van der Waals surface area contributed by atoms with Gasteiger partial charge in [-0.3, -0.25) is 4.79 Å². The molecule has 2 unspecified atom stereocenters. The van der Waals surface area contributed by atoms with Gasteiger partial charge in [0.1, 0.15) is 0 Å². The number of hydrogen-bond acceptors (Lipinski definition) is 2. The van der Waals surface area contributed by atoms with Crippen LogP contribution in [0.5, 0.6) is 0 Å². The number of benzene rings is 1. The van der Waals surface area contributed by atoms with E-state index >= 15 is 0 Å². The summed E-state index contributed by atoms with van der Waals surface area (Å²) in [7, 11) is 0. The first-order valence-electron chi connectivity index (χ1n) is 8.30. The second-order valence-electron chi connectivity index (χ2n) is 6.18. The summed E-state index contributed by atoms with van der Waals surface area (Å²) < 4.78 is 0. The fourth-order valence-corrected chi connectivity index (χ4v) is 2.96. The summed E-state index contributed by atoms with van der Waals surface area (Å²) in [4.78, 5) is 11.6. The zero-order valence-corrected chi connectivity index (χ0v) is 13.5. The lowest BCUT2D eigenvalue weighted by Gasteiger charge is -2.23. The summed E-state index contributed by atoms with van der Waals surface area (Å²) in [6.07, 6.45) is 4.94. The van der Waals surface area contributed by atoms with Gasteiger partial charge < -0.3 is 10.6 Å².